The molecule has 1 rings (SSSR count). The van der Waals surface area contributed by atoms with E-state index in [-0.39, 0.29) is 6.61 Å². The molecule has 0 bridgehead atoms. The molecule has 1 fully saturated rings. The predicted molar refractivity (Wildman–Crippen MR) is 70.0 cm³/mol. The first-order valence-corrected chi connectivity index (χ1v) is 6.66. The average Bonchev–Trinajstić information content (AvgIpc) is 2.30. The van der Waals surface area contributed by atoms with Gasteiger partial charge in [-0.3, -0.25) is 0 Å². The van der Waals surface area contributed by atoms with Crippen molar-refractivity contribution in [1.82, 2.24) is 4.90 Å². The second-order valence-electron chi connectivity index (χ2n) is 5.79. The summed E-state index contributed by atoms with van der Waals surface area (Å²) in [6.07, 6.45) is 4.80. The summed E-state index contributed by atoms with van der Waals surface area (Å²) in [5.41, 5.74) is 5.49. The number of ether oxygens (including phenoxy) is 1. The Morgan fingerprint density at radius 2 is 2.24 bits per heavy atom. The van der Waals surface area contributed by atoms with Crippen molar-refractivity contribution in [3.63, 3.8) is 0 Å². The van der Waals surface area contributed by atoms with Crippen molar-refractivity contribution in [2.24, 2.45) is 5.73 Å². The molecule has 102 valence electrons. The summed E-state index contributed by atoms with van der Waals surface area (Å²) in [6.45, 7) is 5.95. The van der Waals surface area contributed by atoms with Crippen LogP contribution in [-0.4, -0.2) is 54.5 Å². The largest absolute Gasteiger partial charge is 0.394 e. The molecule has 1 aliphatic heterocycles. The lowest BCUT2D eigenvalue weighted by atomic mass is 9.95. The molecule has 0 radical (unpaired) electrons. The van der Waals surface area contributed by atoms with Crippen molar-refractivity contribution in [3.8, 4) is 0 Å². The topological polar surface area (TPSA) is 58.7 Å². The minimum absolute atomic E-state index is 0.0328. The third-order valence-corrected chi connectivity index (χ3v) is 3.64. The fourth-order valence-corrected chi connectivity index (χ4v) is 2.35. The van der Waals surface area contributed by atoms with Crippen molar-refractivity contribution >= 4 is 0 Å². The zero-order chi connectivity index (χ0) is 12.9. The summed E-state index contributed by atoms with van der Waals surface area (Å²) < 4.78 is 5.73. The minimum Gasteiger partial charge on any atom is -0.394 e. The van der Waals surface area contributed by atoms with Crippen molar-refractivity contribution in [2.75, 3.05) is 26.8 Å². The van der Waals surface area contributed by atoms with Crippen LogP contribution in [0.15, 0.2) is 0 Å². The number of hydrogen-bond donors (Lipinski definition) is 2. The highest BCUT2D eigenvalue weighted by Gasteiger charge is 2.24. The number of rotatable bonds is 6. The lowest BCUT2D eigenvalue weighted by Crippen LogP contribution is -2.48. The molecule has 0 spiro atoms. The van der Waals surface area contributed by atoms with Crippen LogP contribution in [0.2, 0.25) is 0 Å². The summed E-state index contributed by atoms with van der Waals surface area (Å²) in [4.78, 5) is 2.29. The molecule has 4 nitrogen and oxygen atoms in total. The summed E-state index contributed by atoms with van der Waals surface area (Å²) in [5.74, 6) is 0. The molecule has 0 aromatic carbocycles. The van der Waals surface area contributed by atoms with Crippen LogP contribution < -0.4 is 5.73 Å². The first-order valence-electron chi connectivity index (χ1n) is 6.66. The van der Waals surface area contributed by atoms with Crippen LogP contribution in [0.4, 0.5) is 0 Å². The van der Waals surface area contributed by atoms with Gasteiger partial charge in [-0.15, -0.1) is 0 Å². The van der Waals surface area contributed by atoms with Crippen molar-refractivity contribution in [2.45, 2.75) is 57.2 Å². The van der Waals surface area contributed by atoms with Gasteiger partial charge in [0, 0.05) is 24.7 Å². The highest BCUT2D eigenvalue weighted by molar-refractivity contribution is 4.83. The fourth-order valence-electron chi connectivity index (χ4n) is 2.35. The Morgan fingerprint density at radius 3 is 2.76 bits per heavy atom. The Hall–Kier alpha value is -0.160. The van der Waals surface area contributed by atoms with Gasteiger partial charge in [0.25, 0.3) is 0 Å². The van der Waals surface area contributed by atoms with Gasteiger partial charge in [0.15, 0.2) is 0 Å². The second-order valence-corrected chi connectivity index (χ2v) is 5.79. The third-order valence-electron chi connectivity index (χ3n) is 3.64. The number of aliphatic hydroxyl groups excluding tert-OH is 1. The Labute approximate surface area is 105 Å². The number of hydrogen-bond acceptors (Lipinski definition) is 4. The van der Waals surface area contributed by atoms with Crippen molar-refractivity contribution in [1.29, 1.82) is 0 Å². The maximum Gasteiger partial charge on any atom is 0.0702 e. The smallest absolute Gasteiger partial charge is 0.0702 e. The van der Waals surface area contributed by atoms with E-state index in [9.17, 15) is 5.11 Å². The van der Waals surface area contributed by atoms with Gasteiger partial charge in [-0.2, -0.15) is 0 Å². The van der Waals surface area contributed by atoms with Crippen LogP contribution in [0.3, 0.4) is 0 Å². The average molecular weight is 244 g/mol. The number of nitrogens with zero attached hydrogens (tertiary/aromatic N) is 1. The summed E-state index contributed by atoms with van der Waals surface area (Å²) in [6, 6.07) is 0.364. The van der Waals surface area contributed by atoms with E-state index in [2.05, 4.69) is 18.9 Å². The molecule has 3 unspecified atom stereocenters. The van der Waals surface area contributed by atoms with E-state index in [1.54, 1.807) is 0 Å². The van der Waals surface area contributed by atoms with E-state index < -0.39 is 5.54 Å². The van der Waals surface area contributed by atoms with Crippen LogP contribution in [0.25, 0.3) is 0 Å². The summed E-state index contributed by atoms with van der Waals surface area (Å²) in [7, 11) is 2.11. The van der Waals surface area contributed by atoms with E-state index in [0.29, 0.717) is 12.1 Å². The molecule has 1 saturated heterocycles. The first kappa shape index (κ1) is 14.9. The van der Waals surface area contributed by atoms with Gasteiger partial charge in [-0.25, -0.2) is 0 Å². The molecule has 0 aromatic heterocycles. The zero-order valence-corrected chi connectivity index (χ0v) is 11.5. The monoisotopic (exact) mass is 244 g/mol. The molecule has 1 aliphatic rings. The molecular weight excluding hydrogens is 216 g/mol. The molecule has 3 N–H and O–H groups in total. The lowest BCUT2D eigenvalue weighted by Gasteiger charge is -2.34. The number of likely N-dealkylation sites (N-methyl/N-ethyl adjacent to an activating group) is 1. The van der Waals surface area contributed by atoms with Crippen molar-refractivity contribution < 1.29 is 9.84 Å². The van der Waals surface area contributed by atoms with Gasteiger partial charge in [-0.05, 0) is 46.6 Å². The third kappa shape index (κ3) is 5.34. The number of aliphatic hydroxyl groups is 1. The molecule has 0 amide bonds. The Balaban J connectivity index is 2.32. The van der Waals surface area contributed by atoms with E-state index >= 15 is 0 Å². The van der Waals surface area contributed by atoms with E-state index in [1.807, 2.05) is 6.92 Å². The highest BCUT2D eigenvalue weighted by atomic mass is 16.5. The van der Waals surface area contributed by atoms with Gasteiger partial charge in [0.1, 0.15) is 0 Å². The summed E-state index contributed by atoms with van der Waals surface area (Å²) in [5, 5.41) is 9.18. The molecule has 4 heteroatoms. The van der Waals surface area contributed by atoms with Crippen LogP contribution in [0.5, 0.6) is 0 Å². The molecule has 3 atom stereocenters. The second kappa shape index (κ2) is 6.69. The lowest BCUT2D eigenvalue weighted by molar-refractivity contribution is -0.00945. The molecule has 0 aliphatic carbocycles. The van der Waals surface area contributed by atoms with E-state index in [0.717, 1.165) is 26.0 Å². The number of nitrogens with two attached hydrogens (primary N) is 1. The minimum atomic E-state index is -0.485. The van der Waals surface area contributed by atoms with Gasteiger partial charge in [0.2, 0.25) is 0 Å². The van der Waals surface area contributed by atoms with Crippen molar-refractivity contribution in [3.05, 3.63) is 0 Å². The quantitative estimate of drug-likeness (QED) is 0.731. The maximum absolute atomic E-state index is 9.18. The molecule has 17 heavy (non-hydrogen) atoms. The van der Waals surface area contributed by atoms with Crippen LogP contribution in [0, 0.1) is 0 Å². The zero-order valence-electron chi connectivity index (χ0n) is 11.5. The van der Waals surface area contributed by atoms with Gasteiger partial charge in [-0.1, -0.05) is 0 Å². The maximum atomic E-state index is 9.18. The highest BCUT2D eigenvalue weighted by Crippen LogP contribution is 2.17. The molecule has 1 heterocycles. The molecule has 0 aromatic rings. The standard InChI is InChI=1S/C13H28N2O2/c1-11(8-13(2,14)10-16)15(3)9-12-6-4-5-7-17-12/h11-12,16H,4-10,14H2,1-3H3. The van der Waals surface area contributed by atoms with Gasteiger partial charge in [0.05, 0.1) is 12.7 Å². The van der Waals surface area contributed by atoms with E-state index in [1.165, 1.54) is 12.8 Å². The summed E-state index contributed by atoms with van der Waals surface area (Å²) >= 11 is 0. The SMILES string of the molecule is CC(CC(C)(N)CO)N(C)CC1CCCCO1. The first-order chi connectivity index (χ1) is 7.94. The molecular formula is C13H28N2O2. The van der Waals surface area contributed by atoms with Gasteiger partial charge >= 0.3 is 0 Å². The Morgan fingerprint density at radius 1 is 1.53 bits per heavy atom. The van der Waals surface area contributed by atoms with Crippen LogP contribution >= 0.6 is 0 Å². The predicted octanol–water partition coefficient (Wildman–Crippen LogP) is 0.976. The van der Waals surface area contributed by atoms with Crippen LogP contribution in [0.1, 0.15) is 39.5 Å². The van der Waals surface area contributed by atoms with E-state index in [4.69, 9.17) is 10.5 Å². The Bertz CT molecular complexity index is 215. The van der Waals surface area contributed by atoms with Gasteiger partial charge < -0.3 is 20.5 Å². The molecule has 0 saturated carbocycles. The normalized spacial score (nSPS) is 26.8. The Kier molecular flexibility index (Phi) is 5.86. The van der Waals surface area contributed by atoms with Crippen LogP contribution in [-0.2, 0) is 4.74 Å². The fraction of sp³-hybridized carbons (Fsp3) is 1.00.